The first-order valence-electron chi connectivity index (χ1n) is 6.43. The van der Waals surface area contributed by atoms with Crippen molar-refractivity contribution < 1.29 is 19.2 Å². The minimum atomic E-state index is -1.16. The van der Waals surface area contributed by atoms with Crippen molar-refractivity contribution in [3.05, 3.63) is 64.0 Å². The summed E-state index contributed by atoms with van der Waals surface area (Å²) in [6, 6.07) is 9.85. The van der Waals surface area contributed by atoms with E-state index in [0.29, 0.717) is 10.1 Å². The SMILES string of the molecule is O=C(O)c1c(Nc2cc(F)ccc2[N+](=O)[O-])sc2ccccc12. The van der Waals surface area contributed by atoms with E-state index in [0.717, 1.165) is 29.5 Å². The Balaban J connectivity index is 2.16. The van der Waals surface area contributed by atoms with Gasteiger partial charge in [-0.3, -0.25) is 10.1 Å². The van der Waals surface area contributed by atoms with E-state index in [1.54, 1.807) is 24.3 Å². The summed E-state index contributed by atoms with van der Waals surface area (Å²) >= 11 is 1.14. The van der Waals surface area contributed by atoms with Crippen molar-refractivity contribution in [1.29, 1.82) is 0 Å². The molecule has 0 fully saturated rings. The minimum absolute atomic E-state index is 0.00385. The van der Waals surface area contributed by atoms with E-state index in [9.17, 15) is 24.4 Å². The topological polar surface area (TPSA) is 92.5 Å². The maximum Gasteiger partial charge on any atom is 0.339 e. The molecular weight excluding hydrogens is 323 g/mol. The third-order valence-corrected chi connectivity index (χ3v) is 4.30. The van der Waals surface area contributed by atoms with E-state index < -0.39 is 16.7 Å². The van der Waals surface area contributed by atoms with Gasteiger partial charge < -0.3 is 10.4 Å². The van der Waals surface area contributed by atoms with Crippen LogP contribution in [0.4, 0.5) is 20.8 Å². The van der Waals surface area contributed by atoms with Crippen LogP contribution in [0.1, 0.15) is 10.4 Å². The van der Waals surface area contributed by atoms with Gasteiger partial charge in [-0.15, -0.1) is 11.3 Å². The standard InChI is InChI=1S/C15H9FN2O4S/c16-8-5-6-11(18(21)22)10(7-8)17-14-13(15(19)20)9-3-1-2-4-12(9)23-14/h1-7,17H,(H,19,20). The van der Waals surface area contributed by atoms with Crippen LogP contribution in [0.2, 0.25) is 0 Å². The summed E-state index contributed by atoms with van der Waals surface area (Å²) in [6.07, 6.45) is 0. The Labute approximate surface area is 132 Å². The first kappa shape index (κ1) is 14.9. The molecule has 1 heterocycles. The number of halogens is 1. The Morgan fingerprint density at radius 2 is 2.00 bits per heavy atom. The number of nitro groups is 1. The average molecular weight is 332 g/mol. The molecule has 2 aromatic carbocycles. The Kier molecular flexibility index (Phi) is 3.67. The van der Waals surface area contributed by atoms with Gasteiger partial charge in [-0.2, -0.15) is 0 Å². The number of hydrogen-bond acceptors (Lipinski definition) is 5. The first-order chi connectivity index (χ1) is 11.0. The quantitative estimate of drug-likeness (QED) is 0.546. The van der Waals surface area contributed by atoms with Crippen LogP contribution in [0.25, 0.3) is 10.1 Å². The zero-order chi connectivity index (χ0) is 16.6. The molecule has 0 saturated carbocycles. The van der Waals surface area contributed by atoms with Crippen molar-refractivity contribution in [2.75, 3.05) is 5.32 Å². The second kappa shape index (κ2) is 5.65. The molecule has 0 amide bonds. The van der Waals surface area contributed by atoms with Crippen LogP contribution in [-0.2, 0) is 0 Å². The molecule has 2 N–H and O–H groups in total. The van der Waals surface area contributed by atoms with Gasteiger partial charge in [0.05, 0.1) is 4.92 Å². The van der Waals surface area contributed by atoms with E-state index in [1.165, 1.54) is 0 Å². The number of carboxylic acids is 1. The molecule has 0 radical (unpaired) electrons. The van der Waals surface area contributed by atoms with E-state index in [2.05, 4.69) is 5.32 Å². The number of carbonyl (C=O) groups is 1. The number of benzene rings is 2. The third-order valence-electron chi connectivity index (χ3n) is 3.21. The van der Waals surface area contributed by atoms with Crippen LogP contribution in [-0.4, -0.2) is 16.0 Å². The van der Waals surface area contributed by atoms with Crippen LogP contribution in [0.3, 0.4) is 0 Å². The monoisotopic (exact) mass is 332 g/mol. The fraction of sp³-hybridized carbons (Fsp3) is 0. The molecule has 1 aromatic heterocycles. The number of hydrogen-bond donors (Lipinski definition) is 2. The molecule has 0 aliphatic carbocycles. The highest BCUT2D eigenvalue weighted by Crippen LogP contribution is 2.39. The van der Waals surface area contributed by atoms with Crippen LogP contribution >= 0.6 is 11.3 Å². The van der Waals surface area contributed by atoms with Gasteiger partial charge in [-0.1, -0.05) is 18.2 Å². The lowest BCUT2D eigenvalue weighted by Gasteiger charge is -2.06. The summed E-state index contributed by atoms with van der Waals surface area (Å²) in [4.78, 5) is 21.9. The van der Waals surface area contributed by atoms with Crippen LogP contribution in [0, 0.1) is 15.9 Å². The average Bonchev–Trinajstić information content (AvgIpc) is 2.84. The summed E-state index contributed by atoms with van der Waals surface area (Å²) in [5.41, 5.74) is -0.423. The Morgan fingerprint density at radius 3 is 2.70 bits per heavy atom. The predicted octanol–water partition coefficient (Wildman–Crippen LogP) is 4.39. The molecule has 0 aliphatic heterocycles. The molecule has 8 heteroatoms. The van der Waals surface area contributed by atoms with Gasteiger partial charge in [0.2, 0.25) is 0 Å². The maximum atomic E-state index is 13.4. The summed E-state index contributed by atoms with van der Waals surface area (Å²) in [7, 11) is 0. The fourth-order valence-electron chi connectivity index (χ4n) is 2.24. The van der Waals surface area contributed by atoms with Gasteiger partial charge >= 0.3 is 5.97 Å². The number of nitro benzene ring substituents is 1. The van der Waals surface area contributed by atoms with Crippen molar-refractivity contribution in [2.24, 2.45) is 0 Å². The van der Waals surface area contributed by atoms with E-state index in [1.807, 2.05) is 0 Å². The highest BCUT2D eigenvalue weighted by Gasteiger charge is 2.21. The first-order valence-corrected chi connectivity index (χ1v) is 7.25. The predicted molar refractivity (Wildman–Crippen MR) is 85.1 cm³/mol. The lowest BCUT2D eigenvalue weighted by molar-refractivity contribution is -0.384. The third kappa shape index (κ3) is 2.71. The highest BCUT2D eigenvalue weighted by molar-refractivity contribution is 7.23. The zero-order valence-corrected chi connectivity index (χ0v) is 12.3. The lowest BCUT2D eigenvalue weighted by atomic mass is 10.1. The van der Waals surface area contributed by atoms with Crippen LogP contribution in [0.5, 0.6) is 0 Å². The summed E-state index contributed by atoms with van der Waals surface area (Å²) < 4.78 is 14.1. The Bertz CT molecular complexity index is 938. The van der Waals surface area contributed by atoms with Gasteiger partial charge in [0.25, 0.3) is 5.69 Å². The molecule has 0 spiro atoms. The fourth-order valence-corrected chi connectivity index (χ4v) is 3.34. The Hall–Kier alpha value is -3.00. The van der Waals surface area contributed by atoms with Gasteiger partial charge in [0, 0.05) is 22.2 Å². The molecule has 3 rings (SSSR count). The normalized spacial score (nSPS) is 10.7. The number of nitrogens with one attached hydrogen (secondary N) is 1. The summed E-state index contributed by atoms with van der Waals surface area (Å²) in [5, 5.41) is 23.9. The van der Waals surface area contributed by atoms with E-state index >= 15 is 0 Å². The molecule has 0 aliphatic rings. The highest BCUT2D eigenvalue weighted by atomic mass is 32.1. The number of anilines is 2. The summed E-state index contributed by atoms with van der Waals surface area (Å²) in [5.74, 6) is -1.82. The number of fused-ring (bicyclic) bond motifs is 1. The zero-order valence-electron chi connectivity index (χ0n) is 11.4. The molecule has 0 bridgehead atoms. The van der Waals surface area contributed by atoms with E-state index in [-0.39, 0.29) is 21.9 Å². The molecular formula is C15H9FN2O4S. The van der Waals surface area contributed by atoms with Crippen LogP contribution in [0.15, 0.2) is 42.5 Å². The smallest absolute Gasteiger partial charge is 0.339 e. The van der Waals surface area contributed by atoms with Crippen molar-refractivity contribution in [2.45, 2.75) is 0 Å². The van der Waals surface area contributed by atoms with Gasteiger partial charge in [0.1, 0.15) is 22.1 Å². The number of thiophene rings is 1. The van der Waals surface area contributed by atoms with Gasteiger partial charge in [-0.25, -0.2) is 9.18 Å². The number of rotatable bonds is 4. The minimum Gasteiger partial charge on any atom is -0.478 e. The van der Waals surface area contributed by atoms with E-state index in [4.69, 9.17) is 0 Å². The molecule has 116 valence electrons. The molecule has 23 heavy (non-hydrogen) atoms. The van der Waals surface area contributed by atoms with Crippen molar-refractivity contribution in [3.8, 4) is 0 Å². The van der Waals surface area contributed by atoms with Gasteiger partial charge in [0.15, 0.2) is 0 Å². The molecule has 6 nitrogen and oxygen atoms in total. The Morgan fingerprint density at radius 1 is 1.26 bits per heavy atom. The molecule has 3 aromatic rings. The van der Waals surface area contributed by atoms with Crippen molar-refractivity contribution >= 4 is 43.8 Å². The maximum absolute atomic E-state index is 13.4. The largest absolute Gasteiger partial charge is 0.478 e. The molecule has 0 unspecified atom stereocenters. The molecule has 0 atom stereocenters. The molecule has 0 saturated heterocycles. The van der Waals surface area contributed by atoms with Gasteiger partial charge in [-0.05, 0) is 12.1 Å². The van der Waals surface area contributed by atoms with Crippen molar-refractivity contribution in [3.63, 3.8) is 0 Å². The summed E-state index contributed by atoms with van der Waals surface area (Å²) in [6.45, 7) is 0. The number of aromatic carboxylic acids is 1. The second-order valence-electron chi connectivity index (χ2n) is 4.65. The van der Waals surface area contributed by atoms with Crippen molar-refractivity contribution in [1.82, 2.24) is 0 Å². The lowest BCUT2D eigenvalue weighted by Crippen LogP contribution is -2.02. The second-order valence-corrected chi connectivity index (χ2v) is 5.70. The number of carboxylic acid groups (broad SMARTS) is 1. The number of nitrogens with zero attached hydrogens (tertiary/aromatic N) is 1. The van der Waals surface area contributed by atoms with Crippen LogP contribution < -0.4 is 5.32 Å².